The van der Waals surface area contributed by atoms with Crippen LogP contribution < -0.4 is 5.32 Å². The third kappa shape index (κ3) is 4.66. The van der Waals surface area contributed by atoms with Gasteiger partial charge in [-0.15, -0.1) is 0 Å². The average Bonchev–Trinajstić information content (AvgIpc) is 2.56. The van der Waals surface area contributed by atoms with Crippen LogP contribution in [0.4, 0.5) is 8.78 Å². The van der Waals surface area contributed by atoms with Crippen molar-refractivity contribution in [3.63, 3.8) is 0 Å². The summed E-state index contributed by atoms with van der Waals surface area (Å²) < 4.78 is 31.2. The molecule has 1 N–H and O–H groups in total. The van der Waals surface area contributed by atoms with E-state index in [0.29, 0.717) is 5.02 Å². The van der Waals surface area contributed by atoms with Crippen LogP contribution in [0, 0.1) is 11.6 Å². The molecule has 0 heterocycles. The fourth-order valence-electron chi connectivity index (χ4n) is 1.76. The van der Waals surface area contributed by atoms with Crippen molar-refractivity contribution in [2.45, 2.75) is 6.61 Å². The van der Waals surface area contributed by atoms with Gasteiger partial charge in [-0.05, 0) is 24.3 Å². The molecule has 0 aliphatic rings. The van der Waals surface area contributed by atoms with Crippen molar-refractivity contribution >= 4 is 35.1 Å². The summed E-state index contributed by atoms with van der Waals surface area (Å²) in [5.74, 6) is -3.46. The molecule has 0 fully saturated rings. The van der Waals surface area contributed by atoms with E-state index in [1.165, 1.54) is 30.3 Å². The smallest absolute Gasteiger partial charge is 0.325 e. The highest BCUT2D eigenvalue weighted by Gasteiger charge is 2.12. The maximum atomic E-state index is 13.4. The molecule has 4 nitrogen and oxygen atoms in total. The second kappa shape index (κ2) is 8.08. The molecule has 1 amide bonds. The minimum Gasteiger partial charge on any atom is -0.459 e. The summed E-state index contributed by atoms with van der Waals surface area (Å²) >= 11 is 11.5. The van der Waals surface area contributed by atoms with E-state index in [0.717, 1.165) is 6.07 Å². The minimum atomic E-state index is -1.08. The molecule has 0 aromatic heterocycles. The number of benzene rings is 2. The summed E-state index contributed by atoms with van der Waals surface area (Å²) in [7, 11) is 0. The molecule has 0 radical (unpaired) electrons. The highest BCUT2D eigenvalue weighted by atomic mass is 35.5. The third-order valence-electron chi connectivity index (χ3n) is 3.00. The van der Waals surface area contributed by atoms with Crippen LogP contribution in [0.5, 0.6) is 0 Å². The number of hydrogen-bond donors (Lipinski definition) is 1. The van der Waals surface area contributed by atoms with Gasteiger partial charge in [0.25, 0.3) is 5.91 Å². The van der Waals surface area contributed by atoms with Crippen molar-refractivity contribution in [2.24, 2.45) is 0 Å². The minimum absolute atomic E-state index is 0.0980. The van der Waals surface area contributed by atoms with E-state index >= 15 is 0 Å². The molecule has 2 aromatic carbocycles. The van der Waals surface area contributed by atoms with Crippen LogP contribution in [-0.2, 0) is 16.1 Å². The van der Waals surface area contributed by atoms with E-state index in [2.05, 4.69) is 5.32 Å². The molecule has 8 heteroatoms. The van der Waals surface area contributed by atoms with Gasteiger partial charge in [0.2, 0.25) is 0 Å². The van der Waals surface area contributed by atoms with Gasteiger partial charge in [-0.25, -0.2) is 8.78 Å². The lowest BCUT2D eigenvalue weighted by molar-refractivity contribution is -0.143. The topological polar surface area (TPSA) is 55.4 Å². The molecular formula is C16H11Cl2F2NO3. The maximum Gasteiger partial charge on any atom is 0.325 e. The lowest BCUT2D eigenvalue weighted by Gasteiger charge is -2.08. The van der Waals surface area contributed by atoms with E-state index < -0.39 is 36.7 Å². The number of esters is 1. The maximum absolute atomic E-state index is 13.4. The number of rotatable bonds is 5. The van der Waals surface area contributed by atoms with E-state index in [1.807, 2.05) is 0 Å². The Morgan fingerprint density at radius 3 is 2.54 bits per heavy atom. The molecule has 0 aliphatic carbocycles. The first-order valence-corrected chi connectivity index (χ1v) is 7.46. The first kappa shape index (κ1) is 18.2. The van der Waals surface area contributed by atoms with E-state index in [4.69, 9.17) is 27.9 Å². The van der Waals surface area contributed by atoms with Crippen molar-refractivity contribution in [1.29, 1.82) is 0 Å². The molecule has 2 rings (SSSR count). The Kier molecular flexibility index (Phi) is 6.11. The van der Waals surface area contributed by atoms with Gasteiger partial charge in [-0.2, -0.15) is 0 Å². The second-order valence-electron chi connectivity index (χ2n) is 4.69. The van der Waals surface area contributed by atoms with Gasteiger partial charge < -0.3 is 10.1 Å². The Morgan fingerprint density at radius 1 is 1.08 bits per heavy atom. The molecule has 0 atom stereocenters. The normalized spacial score (nSPS) is 10.3. The van der Waals surface area contributed by atoms with Crippen LogP contribution in [0.3, 0.4) is 0 Å². The molecule has 2 aromatic rings. The van der Waals surface area contributed by atoms with Crippen LogP contribution in [0.25, 0.3) is 0 Å². The van der Waals surface area contributed by atoms with Gasteiger partial charge in [0, 0.05) is 11.1 Å². The van der Waals surface area contributed by atoms with Crippen molar-refractivity contribution < 1.29 is 23.1 Å². The summed E-state index contributed by atoms with van der Waals surface area (Å²) in [6, 6.07) is 7.79. The SMILES string of the molecule is O=C(CNC(=O)c1ccc(Cl)c(Cl)c1)OCc1cccc(F)c1F. The fourth-order valence-corrected chi connectivity index (χ4v) is 2.06. The Hall–Kier alpha value is -2.18. The number of nitrogens with one attached hydrogen (secondary N) is 1. The number of carbonyl (C=O) groups is 2. The summed E-state index contributed by atoms with van der Waals surface area (Å²) in [4.78, 5) is 23.4. The van der Waals surface area contributed by atoms with Crippen molar-refractivity contribution in [2.75, 3.05) is 6.54 Å². The predicted molar refractivity (Wildman–Crippen MR) is 84.9 cm³/mol. The zero-order chi connectivity index (χ0) is 17.7. The number of halogens is 4. The van der Waals surface area contributed by atoms with Crippen LogP contribution in [0.15, 0.2) is 36.4 Å². The van der Waals surface area contributed by atoms with Gasteiger partial charge in [0.15, 0.2) is 11.6 Å². The molecule has 0 unspecified atom stereocenters. The second-order valence-corrected chi connectivity index (χ2v) is 5.50. The summed E-state index contributed by atoms with van der Waals surface area (Å²) in [5, 5.41) is 2.82. The van der Waals surface area contributed by atoms with Gasteiger partial charge in [0.1, 0.15) is 13.2 Å². The molecule has 0 spiro atoms. The van der Waals surface area contributed by atoms with Crippen molar-refractivity contribution in [3.05, 3.63) is 69.2 Å². The Labute approximate surface area is 146 Å². The first-order chi connectivity index (χ1) is 11.4. The third-order valence-corrected chi connectivity index (χ3v) is 3.73. The number of ether oxygens (including phenoxy) is 1. The average molecular weight is 374 g/mol. The summed E-state index contributed by atoms with van der Waals surface area (Å²) in [6.07, 6.45) is 0. The van der Waals surface area contributed by atoms with Crippen LogP contribution >= 0.6 is 23.2 Å². The van der Waals surface area contributed by atoms with Gasteiger partial charge >= 0.3 is 5.97 Å². The number of hydrogen-bond acceptors (Lipinski definition) is 3. The van der Waals surface area contributed by atoms with Crippen molar-refractivity contribution in [1.82, 2.24) is 5.32 Å². The predicted octanol–water partition coefficient (Wildman–Crippen LogP) is 3.74. The molecule has 0 aliphatic heterocycles. The highest BCUT2D eigenvalue weighted by molar-refractivity contribution is 6.42. The lowest BCUT2D eigenvalue weighted by atomic mass is 10.2. The fraction of sp³-hybridized carbons (Fsp3) is 0.125. The standard InChI is InChI=1S/C16H11Cl2F2NO3/c17-11-5-4-9(6-12(11)18)16(23)21-7-14(22)24-8-10-2-1-3-13(19)15(10)20/h1-6H,7-8H2,(H,21,23). The lowest BCUT2D eigenvalue weighted by Crippen LogP contribution is -2.30. The largest absolute Gasteiger partial charge is 0.459 e. The Bertz CT molecular complexity index is 784. The molecule has 0 saturated heterocycles. The monoisotopic (exact) mass is 373 g/mol. The highest BCUT2D eigenvalue weighted by Crippen LogP contribution is 2.22. The molecule has 0 bridgehead atoms. The number of carbonyl (C=O) groups excluding carboxylic acids is 2. The molecule has 0 saturated carbocycles. The summed E-state index contributed by atoms with van der Waals surface area (Å²) in [5.41, 5.74) is 0.118. The summed E-state index contributed by atoms with van der Waals surface area (Å²) in [6.45, 7) is -0.874. The Balaban J connectivity index is 1.85. The zero-order valence-electron chi connectivity index (χ0n) is 12.1. The number of amides is 1. The van der Waals surface area contributed by atoms with Crippen LogP contribution in [0.1, 0.15) is 15.9 Å². The quantitative estimate of drug-likeness (QED) is 0.812. The Morgan fingerprint density at radius 2 is 1.83 bits per heavy atom. The van der Waals surface area contributed by atoms with Crippen LogP contribution in [0.2, 0.25) is 10.0 Å². The van der Waals surface area contributed by atoms with Crippen LogP contribution in [-0.4, -0.2) is 18.4 Å². The first-order valence-electron chi connectivity index (χ1n) is 6.70. The molecule has 24 heavy (non-hydrogen) atoms. The van der Waals surface area contributed by atoms with E-state index in [-0.39, 0.29) is 16.1 Å². The van der Waals surface area contributed by atoms with E-state index in [9.17, 15) is 18.4 Å². The van der Waals surface area contributed by atoms with Gasteiger partial charge in [0.05, 0.1) is 10.0 Å². The molecular weight excluding hydrogens is 363 g/mol. The van der Waals surface area contributed by atoms with Crippen molar-refractivity contribution in [3.8, 4) is 0 Å². The van der Waals surface area contributed by atoms with E-state index in [1.54, 1.807) is 0 Å². The molecule has 126 valence electrons. The zero-order valence-corrected chi connectivity index (χ0v) is 13.6. The van der Waals surface area contributed by atoms with Gasteiger partial charge in [-0.1, -0.05) is 35.3 Å². The van der Waals surface area contributed by atoms with Gasteiger partial charge in [-0.3, -0.25) is 9.59 Å².